The van der Waals surface area contributed by atoms with Gasteiger partial charge >= 0.3 is 0 Å². The molecular formula is C21H19ClN2O6S. The normalized spacial score (nSPS) is 15.5. The molecule has 0 unspecified atom stereocenters. The van der Waals surface area contributed by atoms with Crippen LogP contribution in [0.4, 0.5) is 5.69 Å². The number of amides is 2. The number of nitrogens with one attached hydrogen (secondary N) is 1. The van der Waals surface area contributed by atoms with E-state index in [9.17, 15) is 9.59 Å². The number of benzene rings is 2. The van der Waals surface area contributed by atoms with Crippen molar-refractivity contribution in [2.75, 3.05) is 18.1 Å². The van der Waals surface area contributed by atoms with Gasteiger partial charge in [-0.2, -0.15) is 0 Å². The number of carbonyl (C=O) groups excluding carboxylic acids is 2. The molecule has 8 nitrogen and oxygen atoms in total. The number of hydrogen-bond donors (Lipinski definition) is 3. The largest absolute Gasteiger partial charge is 0.490 e. The van der Waals surface area contributed by atoms with Crippen molar-refractivity contribution in [3.05, 3.63) is 58.6 Å². The Morgan fingerprint density at radius 3 is 2.48 bits per heavy atom. The Labute approximate surface area is 188 Å². The molecule has 1 aliphatic heterocycles. The minimum Gasteiger partial charge on any atom is -0.490 e. The van der Waals surface area contributed by atoms with E-state index in [0.717, 1.165) is 0 Å². The van der Waals surface area contributed by atoms with Gasteiger partial charge in [-0.05, 0) is 67.2 Å². The molecule has 0 radical (unpaired) electrons. The number of aliphatic hydroxyl groups is 2. The Balaban J connectivity index is 1.94. The molecule has 2 aromatic rings. The van der Waals surface area contributed by atoms with Crippen LogP contribution in [0.5, 0.6) is 11.5 Å². The second kappa shape index (κ2) is 9.88. The van der Waals surface area contributed by atoms with Gasteiger partial charge in [-0.1, -0.05) is 17.7 Å². The minimum absolute atomic E-state index is 0.0317. The number of hydrogen-bond acceptors (Lipinski definition) is 7. The lowest BCUT2D eigenvalue weighted by Gasteiger charge is -2.29. The van der Waals surface area contributed by atoms with Crippen LogP contribution in [0.2, 0.25) is 5.02 Å². The van der Waals surface area contributed by atoms with Crippen LogP contribution in [0, 0.1) is 0 Å². The first-order chi connectivity index (χ1) is 14.8. The Hall–Kier alpha value is -2.98. The molecular weight excluding hydrogens is 444 g/mol. The number of ether oxygens (including phenoxy) is 2. The van der Waals surface area contributed by atoms with Crippen LogP contribution in [-0.4, -0.2) is 46.6 Å². The number of aliphatic hydroxyl groups excluding tert-OH is 1. The predicted molar refractivity (Wildman–Crippen MR) is 119 cm³/mol. The second-order valence-corrected chi connectivity index (χ2v) is 7.19. The highest BCUT2D eigenvalue weighted by molar-refractivity contribution is 7.80. The first-order valence-corrected chi connectivity index (χ1v) is 10.0. The molecule has 1 heterocycles. The van der Waals surface area contributed by atoms with Crippen LogP contribution in [0.25, 0.3) is 6.08 Å². The predicted octanol–water partition coefficient (Wildman–Crippen LogP) is 2.26. The zero-order chi connectivity index (χ0) is 22.5. The molecule has 2 aromatic carbocycles. The van der Waals surface area contributed by atoms with Crippen LogP contribution in [-0.2, 0) is 9.59 Å². The first kappa shape index (κ1) is 22.7. The van der Waals surface area contributed by atoms with E-state index in [1.807, 2.05) is 0 Å². The lowest BCUT2D eigenvalue weighted by Crippen LogP contribution is -2.54. The average Bonchev–Trinajstić information content (AvgIpc) is 2.72. The van der Waals surface area contributed by atoms with Gasteiger partial charge in [0.15, 0.2) is 22.9 Å². The van der Waals surface area contributed by atoms with Gasteiger partial charge in [-0.15, -0.1) is 0 Å². The van der Waals surface area contributed by atoms with Crippen LogP contribution >= 0.6 is 23.8 Å². The number of thiocarbonyl (C=S) groups is 1. The second-order valence-electron chi connectivity index (χ2n) is 6.37. The standard InChI is InChI=1S/C21H19ClN2O6S/c1-2-29-17-10-12(3-8-16(17)30-11-18(25)26)9-15-19(27)23-21(31)24(20(15)28)14-6-4-13(22)5-7-14/h3-10,18,25-26H,2,11H2,1H3,(H,23,27,31). The van der Waals surface area contributed by atoms with Crippen molar-refractivity contribution < 1.29 is 29.3 Å². The Kier molecular flexibility index (Phi) is 7.24. The van der Waals surface area contributed by atoms with Crippen molar-refractivity contribution in [2.45, 2.75) is 13.2 Å². The van der Waals surface area contributed by atoms with Crippen molar-refractivity contribution >= 4 is 52.5 Å². The third kappa shape index (κ3) is 5.39. The van der Waals surface area contributed by atoms with Gasteiger partial charge in [0.1, 0.15) is 12.2 Å². The van der Waals surface area contributed by atoms with E-state index in [-0.39, 0.29) is 17.3 Å². The fraction of sp³-hybridized carbons (Fsp3) is 0.190. The zero-order valence-corrected chi connectivity index (χ0v) is 17.9. The quantitative estimate of drug-likeness (QED) is 0.250. The van der Waals surface area contributed by atoms with Crippen LogP contribution in [0.1, 0.15) is 12.5 Å². The molecule has 0 spiro atoms. The maximum absolute atomic E-state index is 13.1. The average molecular weight is 463 g/mol. The highest BCUT2D eigenvalue weighted by Crippen LogP contribution is 2.30. The molecule has 0 aromatic heterocycles. The molecule has 1 aliphatic rings. The third-order valence-electron chi connectivity index (χ3n) is 4.15. The Morgan fingerprint density at radius 1 is 1.13 bits per heavy atom. The summed E-state index contributed by atoms with van der Waals surface area (Å²) in [5, 5.41) is 21.0. The molecule has 0 aliphatic carbocycles. The van der Waals surface area contributed by atoms with Crippen LogP contribution < -0.4 is 19.7 Å². The molecule has 31 heavy (non-hydrogen) atoms. The van der Waals surface area contributed by atoms with Gasteiger partial charge in [-0.3, -0.25) is 19.8 Å². The van der Waals surface area contributed by atoms with Crippen LogP contribution in [0.15, 0.2) is 48.0 Å². The van der Waals surface area contributed by atoms with Crippen molar-refractivity contribution in [3.63, 3.8) is 0 Å². The van der Waals surface area contributed by atoms with Gasteiger partial charge in [0.2, 0.25) is 0 Å². The van der Waals surface area contributed by atoms with E-state index in [2.05, 4.69) is 5.32 Å². The molecule has 3 N–H and O–H groups in total. The molecule has 10 heteroatoms. The van der Waals surface area contributed by atoms with E-state index in [0.29, 0.717) is 34.4 Å². The molecule has 162 valence electrons. The summed E-state index contributed by atoms with van der Waals surface area (Å²) in [6.07, 6.45) is -0.224. The summed E-state index contributed by atoms with van der Waals surface area (Å²) >= 11 is 11.1. The molecule has 0 bridgehead atoms. The Bertz CT molecular complexity index is 1040. The molecule has 0 atom stereocenters. The van der Waals surface area contributed by atoms with E-state index < -0.39 is 18.1 Å². The zero-order valence-electron chi connectivity index (χ0n) is 16.4. The maximum Gasteiger partial charge on any atom is 0.270 e. The maximum atomic E-state index is 13.1. The van der Waals surface area contributed by atoms with Crippen LogP contribution in [0.3, 0.4) is 0 Å². The van der Waals surface area contributed by atoms with Crippen molar-refractivity contribution in [1.82, 2.24) is 5.32 Å². The van der Waals surface area contributed by atoms with Crippen molar-refractivity contribution in [1.29, 1.82) is 0 Å². The molecule has 1 fully saturated rings. The lowest BCUT2D eigenvalue weighted by atomic mass is 10.1. The van der Waals surface area contributed by atoms with E-state index >= 15 is 0 Å². The van der Waals surface area contributed by atoms with Gasteiger partial charge in [0.05, 0.1) is 12.3 Å². The van der Waals surface area contributed by atoms with E-state index in [1.165, 1.54) is 11.0 Å². The highest BCUT2D eigenvalue weighted by Gasteiger charge is 2.34. The summed E-state index contributed by atoms with van der Waals surface area (Å²) in [5.74, 6) is -0.591. The third-order valence-corrected chi connectivity index (χ3v) is 4.69. The first-order valence-electron chi connectivity index (χ1n) is 9.23. The summed E-state index contributed by atoms with van der Waals surface area (Å²) in [6, 6.07) is 11.2. The fourth-order valence-corrected chi connectivity index (χ4v) is 3.22. The van der Waals surface area contributed by atoms with E-state index in [1.54, 1.807) is 49.4 Å². The SMILES string of the molecule is CCOc1cc(C=C2C(=O)NC(=S)N(c3ccc(Cl)cc3)C2=O)ccc1OCC(O)O. The van der Waals surface area contributed by atoms with Gasteiger partial charge in [-0.25, -0.2) is 0 Å². The number of halogens is 1. The molecule has 3 rings (SSSR count). The lowest BCUT2D eigenvalue weighted by molar-refractivity contribution is -0.122. The number of rotatable bonds is 7. The minimum atomic E-state index is -1.64. The van der Waals surface area contributed by atoms with Gasteiger partial charge in [0, 0.05) is 5.02 Å². The topological polar surface area (TPSA) is 108 Å². The van der Waals surface area contributed by atoms with Crippen molar-refractivity contribution in [3.8, 4) is 11.5 Å². The monoisotopic (exact) mass is 462 g/mol. The number of carbonyl (C=O) groups is 2. The summed E-state index contributed by atoms with van der Waals surface area (Å²) in [4.78, 5) is 26.7. The molecule has 2 amide bonds. The number of anilines is 1. The van der Waals surface area contributed by atoms with E-state index in [4.69, 9.17) is 43.5 Å². The summed E-state index contributed by atoms with van der Waals surface area (Å²) in [7, 11) is 0. The highest BCUT2D eigenvalue weighted by atomic mass is 35.5. The van der Waals surface area contributed by atoms with Gasteiger partial charge in [0.25, 0.3) is 11.8 Å². The summed E-state index contributed by atoms with van der Waals surface area (Å²) in [6.45, 7) is 1.77. The fourth-order valence-electron chi connectivity index (χ4n) is 2.82. The smallest absolute Gasteiger partial charge is 0.270 e. The Morgan fingerprint density at radius 2 is 1.84 bits per heavy atom. The van der Waals surface area contributed by atoms with Gasteiger partial charge < -0.3 is 19.7 Å². The summed E-state index contributed by atoms with van der Waals surface area (Å²) < 4.78 is 10.8. The molecule has 0 saturated carbocycles. The number of nitrogens with zero attached hydrogens (tertiary/aromatic N) is 1. The molecule has 1 saturated heterocycles. The van der Waals surface area contributed by atoms with Crippen molar-refractivity contribution in [2.24, 2.45) is 0 Å². The summed E-state index contributed by atoms with van der Waals surface area (Å²) in [5.41, 5.74) is 0.847.